The highest BCUT2D eigenvalue weighted by molar-refractivity contribution is 7.91. The second-order valence-corrected chi connectivity index (χ2v) is 12.9. The molecule has 1 saturated carbocycles. The number of nitrogens with one attached hydrogen (secondary N) is 2. The number of H-pyrrole nitrogens is 1. The topological polar surface area (TPSA) is 131 Å². The van der Waals surface area contributed by atoms with Gasteiger partial charge in [-0.1, -0.05) is 48.0 Å². The van der Waals surface area contributed by atoms with Crippen molar-refractivity contribution in [3.05, 3.63) is 59.6 Å². The number of aliphatic hydroxyl groups excluding tert-OH is 1. The van der Waals surface area contributed by atoms with Crippen LogP contribution in [0.2, 0.25) is 5.02 Å². The Morgan fingerprint density at radius 3 is 2.42 bits per heavy atom. The maximum Gasteiger partial charge on any atom is 0.296 e. The fourth-order valence-corrected chi connectivity index (χ4v) is 6.80. The van der Waals surface area contributed by atoms with Gasteiger partial charge in [0.15, 0.2) is 11.8 Å². The van der Waals surface area contributed by atoms with Crippen molar-refractivity contribution < 1.29 is 23.5 Å². The minimum Gasteiger partial charge on any atom is -0.456 e. The van der Waals surface area contributed by atoms with Gasteiger partial charge in [0.25, 0.3) is 6.01 Å². The van der Waals surface area contributed by atoms with Crippen molar-refractivity contribution in [2.75, 3.05) is 19.5 Å². The number of benzene rings is 2. The van der Waals surface area contributed by atoms with Crippen LogP contribution in [0.1, 0.15) is 12.8 Å². The predicted molar refractivity (Wildman–Crippen MR) is 152 cm³/mol. The predicted octanol–water partition coefficient (Wildman–Crippen LogP) is 4.25. The molecule has 0 spiro atoms. The molecule has 4 heterocycles. The number of rotatable bonds is 7. The number of aliphatic hydroxyl groups is 1. The Morgan fingerprint density at radius 2 is 1.70 bits per heavy atom. The van der Waals surface area contributed by atoms with Crippen molar-refractivity contribution in [1.29, 1.82) is 0 Å². The third kappa shape index (κ3) is 5.20. The quantitative estimate of drug-likeness (QED) is 0.297. The number of pyridine rings is 1. The lowest BCUT2D eigenvalue weighted by Crippen LogP contribution is -2.34. The molecule has 7 rings (SSSR count). The zero-order chi connectivity index (χ0) is 27.4. The Bertz CT molecular complexity index is 1680. The molecule has 12 heteroatoms. The zero-order valence-corrected chi connectivity index (χ0v) is 23.2. The molecular weight excluding hydrogens is 554 g/mol. The highest BCUT2D eigenvalue weighted by atomic mass is 35.5. The van der Waals surface area contributed by atoms with Gasteiger partial charge in [-0.15, -0.1) is 0 Å². The Hall–Kier alpha value is -3.06. The van der Waals surface area contributed by atoms with Gasteiger partial charge in [0, 0.05) is 17.9 Å². The summed E-state index contributed by atoms with van der Waals surface area (Å²) in [7, 11) is -2.44. The van der Waals surface area contributed by atoms with E-state index in [0.29, 0.717) is 46.2 Å². The van der Waals surface area contributed by atoms with E-state index in [-0.39, 0.29) is 24.9 Å². The summed E-state index contributed by atoms with van der Waals surface area (Å²) in [5.74, 6) is 0. The third-order valence-corrected chi connectivity index (χ3v) is 8.87. The van der Waals surface area contributed by atoms with Crippen LogP contribution >= 0.6 is 11.6 Å². The molecule has 3 N–H and O–H groups in total. The van der Waals surface area contributed by atoms with Crippen LogP contribution in [-0.4, -0.2) is 74.2 Å². The van der Waals surface area contributed by atoms with E-state index >= 15 is 0 Å². The van der Waals surface area contributed by atoms with Crippen molar-refractivity contribution in [3.63, 3.8) is 0 Å². The molecule has 40 heavy (non-hydrogen) atoms. The van der Waals surface area contributed by atoms with Crippen LogP contribution in [0.15, 0.2) is 59.0 Å². The molecule has 10 nitrogen and oxygen atoms in total. The van der Waals surface area contributed by atoms with Gasteiger partial charge in [0.2, 0.25) is 0 Å². The summed E-state index contributed by atoms with van der Waals surface area (Å²) < 4.78 is 37.4. The summed E-state index contributed by atoms with van der Waals surface area (Å²) in [5, 5.41) is 10.4. The Balaban J connectivity index is 1.08. The Morgan fingerprint density at radius 1 is 1.02 bits per heavy atom. The summed E-state index contributed by atoms with van der Waals surface area (Å²) in [6.07, 6.45) is 2.01. The third-order valence-electron chi connectivity index (χ3n) is 7.25. The summed E-state index contributed by atoms with van der Waals surface area (Å²) in [6.45, 7) is 0.541. The van der Waals surface area contributed by atoms with Gasteiger partial charge >= 0.3 is 0 Å². The van der Waals surface area contributed by atoms with E-state index in [1.807, 2.05) is 48.5 Å². The fourth-order valence-electron chi connectivity index (χ4n) is 5.11. The second-order valence-electron chi connectivity index (χ2n) is 10.5. The van der Waals surface area contributed by atoms with Crippen LogP contribution in [-0.2, 0) is 19.4 Å². The van der Waals surface area contributed by atoms with E-state index < -0.39 is 16.0 Å². The number of aromatic amines is 1. The molecular formula is C28H28ClN5O5S. The van der Waals surface area contributed by atoms with E-state index in [9.17, 15) is 9.32 Å². The summed E-state index contributed by atoms with van der Waals surface area (Å²) in [6, 6.07) is 18.0. The van der Waals surface area contributed by atoms with Crippen molar-refractivity contribution in [3.8, 4) is 28.4 Å². The average molecular weight is 582 g/mol. The summed E-state index contributed by atoms with van der Waals surface area (Å²) in [5.41, 5.74) is 5.33. The number of hydrogen-bond donors (Lipinski definition) is 3. The van der Waals surface area contributed by atoms with Crippen LogP contribution in [0.5, 0.6) is 6.01 Å². The lowest BCUT2D eigenvalue weighted by Gasteiger charge is -2.15. The van der Waals surface area contributed by atoms with Crippen molar-refractivity contribution in [2.45, 2.75) is 43.3 Å². The molecule has 5 atom stereocenters. The van der Waals surface area contributed by atoms with E-state index in [1.165, 1.54) is 0 Å². The van der Waals surface area contributed by atoms with Crippen molar-refractivity contribution in [2.24, 2.45) is 4.36 Å². The maximum absolute atomic E-state index is 12.6. The summed E-state index contributed by atoms with van der Waals surface area (Å²) >= 11 is 6.60. The smallest absolute Gasteiger partial charge is 0.296 e. The van der Waals surface area contributed by atoms with Crippen LogP contribution in [0.25, 0.3) is 33.5 Å². The van der Waals surface area contributed by atoms with Gasteiger partial charge in [-0.05, 0) is 42.2 Å². The number of fused-ring (bicyclic) bond motifs is 2. The van der Waals surface area contributed by atoms with E-state index in [2.05, 4.69) is 19.1 Å². The molecule has 2 saturated heterocycles. The van der Waals surface area contributed by atoms with Crippen molar-refractivity contribution in [1.82, 2.24) is 19.7 Å². The second kappa shape index (κ2) is 10.1. The molecule has 4 aromatic rings. The SMILES string of the molecule is CS(=O)(=Nc1ccc(-c2ccc(-c3nc4[nH]c(O[C@@H]5CO[C@H]6[C@@H]5OC[C@H]6O)nc4cc3Cl)cc2)cc1)NC1CC1. The normalized spacial score (nSPS) is 25.6. The van der Waals surface area contributed by atoms with Crippen LogP contribution in [0.4, 0.5) is 5.69 Å². The standard InChI is InChI=1S/C28H28ClN5O5S/c1-40(36,34-19-10-11-19)33-18-8-6-16(7-9-18)15-2-4-17(5-3-15)24-20(29)12-21-27(31-24)32-28(30-21)39-23-14-38-25-22(35)13-37-26(23)25/h2-9,12,19,22-23,25-26,35H,10-11,13-14H2,1H3,(H,30,31,32)(H,33,34,36)/t22-,23-,25-,26-,40?/m1/s1. The molecule has 2 aliphatic heterocycles. The van der Waals surface area contributed by atoms with E-state index in [0.717, 1.165) is 29.5 Å². The molecule has 3 aliphatic rings. The molecule has 2 aromatic carbocycles. The van der Waals surface area contributed by atoms with Crippen LogP contribution in [0, 0.1) is 0 Å². The molecule has 1 aliphatic carbocycles. The first-order valence-electron chi connectivity index (χ1n) is 13.2. The number of hydrogen-bond acceptors (Lipinski definition) is 8. The summed E-state index contributed by atoms with van der Waals surface area (Å²) in [4.78, 5) is 12.3. The van der Waals surface area contributed by atoms with E-state index in [4.69, 9.17) is 30.8 Å². The Labute approximate surface area is 236 Å². The van der Waals surface area contributed by atoms with Crippen LogP contribution < -0.4 is 9.46 Å². The zero-order valence-electron chi connectivity index (χ0n) is 21.6. The first kappa shape index (κ1) is 25.9. The maximum atomic E-state index is 12.6. The highest BCUT2D eigenvalue weighted by Crippen LogP contribution is 2.33. The number of ether oxygens (including phenoxy) is 3. The van der Waals surface area contributed by atoms with Gasteiger partial charge in [-0.25, -0.2) is 13.9 Å². The average Bonchev–Trinajstić information content (AvgIpc) is 3.33. The molecule has 3 fully saturated rings. The van der Waals surface area contributed by atoms with Gasteiger partial charge in [0.05, 0.1) is 29.6 Å². The lowest BCUT2D eigenvalue weighted by atomic mass is 10.0. The first-order chi connectivity index (χ1) is 19.3. The largest absolute Gasteiger partial charge is 0.456 e. The fraction of sp³-hybridized carbons (Fsp3) is 0.357. The van der Waals surface area contributed by atoms with Gasteiger partial charge in [0.1, 0.15) is 33.7 Å². The monoisotopic (exact) mass is 581 g/mol. The molecule has 0 bridgehead atoms. The molecule has 208 valence electrons. The van der Waals surface area contributed by atoms with Gasteiger partial charge < -0.3 is 19.3 Å². The van der Waals surface area contributed by atoms with Crippen LogP contribution in [0.3, 0.4) is 0 Å². The number of aromatic nitrogens is 3. The Kier molecular flexibility index (Phi) is 6.53. The van der Waals surface area contributed by atoms with Gasteiger partial charge in [-0.2, -0.15) is 9.35 Å². The minimum absolute atomic E-state index is 0.232. The number of nitrogens with zero attached hydrogens (tertiary/aromatic N) is 3. The highest BCUT2D eigenvalue weighted by Gasteiger charge is 2.48. The van der Waals surface area contributed by atoms with Gasteiger partial charge in [-0.3, -0.25) is 4.98 Å². The van der Waals surface area contributed by atoms with Crippen molar-refractivity contribution >= 4 is 38.4 Å². The molecule has 0 radical (unpaired) electrons. The molecule has 1 unspecified atom stereocenters. The number of halogens is 1. The minimum atomic E-state index is -2.44. The molecule has 0 amide bonds. The lowest BCUT2D eigenvalue weighted by molar-refractivity contribution is 0.00706. The first-order valence-corrected chi connectivity index (χ1v) is 15.5. The number of imidazole rings is 1. The molecule has 2 aromatic heterocycles. The van der Waals surface area contributed by atoms with E-state index in [1.54, 1.807) is 12.3 Å².